The first-order valence-electron chi connectivity index (χ1n) is 6.78. The van der Waals surface area contributed by atoms with Gasteiger partial charge >= 0.3 is 5.97 Å². The molecule has 0 saturated heterocycles. The SMILES string of the molecule is COc1ccc(Cl)cc1CC(Oc1ccccc1C)C(=O)O. The van der Waals surface area contributed by atoms with Gasteiger partial charge in [0.25, 0.3) is 0 Å². The third-order valence-corrected chi connectivity index (χ3v) is 3.52. The number of rotatable bonds is 6. The Morgan fingerprint density at radius 2 is 1.95 bits per heavy atom. The van der Waals surface area contributed by atoms with E-state index in [2.05, 4.69) is 0 Å². The highest BCUT2D eigenvalue weighted by atomic mass is 35.5. The zero-order valence-electron chi connectivity index (χ0n) is 12.4. The molecule has 1 N–H and O–H groups in total. The first kappa shape index (κ1) is 16.2. The van der Waals surface area contributed by atoms with Crippen LogP contribution in [-0.4, -0.2) is 24.3 Å². The fourth-order valence-electron chi connectivity index (χ4n) is 2.13. The van der Waals surface area contributed by atoms with E-state index in [9.17, 15) is 9.90 Å². The van der Waals surface area contributed by atoms with E-state index in [1.54, 1.807) is 30.3 Å². The zero-order valence-corrected chi connectivity index (χ0v) is 13.1. The molecule has 0 fully saturated rings. The van der Waals surface area contributed by atoms with Gasteiger partial charge in [-0.25, -0.2) is 4.79 Å². The van der Waals surface area contributed by atoms with Crippen LogP contribution >= 0.6 is 11.6 Å². The minimum atomic E-state index is -1.04. The van der Waals surface area contributed by atoms with Gasteiger partial charge in [0, 0.05) is 11.4 Å². The van der Waals surface area contributed by atoms with Crippen LogP contribution in [0.1, 0.15) is 11.1 Å². The summed E-state index contributed by atoms with van der Waals surface area (Å²) in [6.45, 7) is 1.87. The molecule has 0 aliphatic rings. The van der Waals surface area contributed by atoms with Crippen LogP contribution in [-0.2, 0) is 11.2 Å². The molecule has 0 heterocycles. The lowest BCUT2D eigenvalue weighted by molar-refractivity contribution is -0.145. The van der Waals surface area contributed by atoms with Crippen LogP contribution in [0, 0.1) is 6.92 Å². The monoisotopic (exact) mass is 320 g/mol. The summed E-state index contributed by atoms with van der Waals surface area (Å²) in [5, 5.41) is 9.94. The van der Waals surface area contributed by atoms with Gasteiger partial charge in [0.05, 0.1) is 7.11 Å². The minimum Gasteiger partial charge on any atom is -0.496 e. The van der Waals surface area contributed by atoms with E-state index in [0.29, 0.717) is 22.1 Å². The van der Waals surface area contributed by atoms with E-state index in [1.165, 1.54) is 7.11 Å². The summed E-state index contributed by atoms with van der Waals surface area (Å²) in [6, 6.07) is 12.4. The Hall–Kier alpha value is -2.20. The van der Waals surface area contributed by atoms with Crippen LogP contribution in [0.2, 0.25) is 5.02 Å². The van der Waals surface area contributed by atoms with E-state index in [4.69, 9.17) is 21.1 Å². The number of aliphatic carboxylic acids is 1. The molecule has 0 spiro atoms. The summed E-state index contributed by atoms with van der Waals surface area (Å²) in [6.07, 6.45) is -0.860. The second-order valence-corrected chi connectivity index (χ2v) is 5.31. The predicted molar refractivity (Wildman–Crippen MR) is 84.9 cm³/mol. The number of benzene rings is 2. The van der Waals surface area contributed by atoms with Gasteiger partial charge in [0.15, 0.2) is 6.10 Å². The molecule has 5 heteroatoms. The third-order valence-electron chi connectivity index (χ3n) is 3.29. The number of para-hydroxylation sites is 1. The largest absolute Gasteiger partial charge is 0.496 e. The van der Waals surface area contributed by atoms with E-state index >= 15 is 0 Å². The molecule has 4 nitrogen and oxygen atoms in total. The standard InChI is InChI=1S/C17H17ClO4/c1-11-5-3-4-6-14(11)22-16(17(19)20)10-12-9-13(18)7-8-15(12)21-2/h3-9,16H,10H2,1-2H3,(H,19,20). The Labute approximate surface area is 134 Å². The van der Waals surface area contributed by atoms with Crippen LogP contribution in [0.5, 0.6) is 11.5 Å². The quantitative estimate of drug-likeness (QED) is 0.881. The number of hydrogen-bond acceptors (Lipinski definition) is 3. The van der Waals surface area contributed by atoms with Gasteiger partial charge < -0.3 is 14.6 Å². The van der Waals surface area contributed by atoms with Crippen molar-refractivity contribution < 1.29 is 19.4 Å². The Morgan fingerprint density at radius 1 is 1.23 bits per heavy atom. The summed E-state index contributed by atoms with van der Waals surface area (Å²) in [5.41, 5.74) is 1.57. The van der Waals surface area contributed by atoms with Gasteiger partial charge in [-0.15, -0.1) is 0 Å². The Bertz CT molecular complexity index is 669. The summed E-state index contributed by atoms with van der Waals surface area (Å²) < 4.78 is 10.9. The molecule has 0 aliphatic carbocycles. The van der Waals surface area contributed by atoms with Crippen molar-refractivity contribution in [2.75, 3.05) is 7.11 Å². The molecule has 0 saturated carbocycles. The average molecular weight is 321 g/mol. The molecule has 2 aromatic carbocycles. The maximum Gasteiger partial charge on any atom is 0.345 e. The number of carboxylic acids is 1. The molecule has 1 atom stereocenters. The number of methoxy groups -OCH3 is 1. The van der Waals surface area contributed by atoms with Crippen molar-refractivity contribution in [3.8, 4) is 11.5 Å². The van der Waals surface area contributed by atoms with E-state index in [0.717, 1.165) is 5.56 Å². The molecule has 0 aliphatic heterocycles. The molecule has 1 unspecified atom stereocenters. The maximum absolute atomic E-state index is 11.5. The summed E-state index contributed by atoms with van der Waals surface area (Å²) in [5.74, 6) is 0.102. The Balaban J connectivity index is 2.25. The third kappa shape index (κ3) is 3.92. The Kier molecular flexibility index (Phi) is 5.28. The second-order valence-electron chi connectivity index (χ2n) is 4.87. The normalized spacial score (nSPS) is 11.8. The van der Waals surface area contributed by atoms with E-state index in [-0.39, 0.29) is 6.42 Å². The van der Waals surface area contributed by atoms with Crippen LogP contribution in [0.4, 0.5) is 0 Å². The number of ether oxygens (including phenoxy) is 2. The average Bonchev–Trinajstić information content (AvgIpc) is 2.49. The number of aryl methyl sites for hydroxylation is 1. The maximum atomic E-state index is 11.5. The molecule has 0 amide bonds. The van der Waals surface area contributed by atoms with Crippen molar-refractivity contribution in [1.82, 2.24) is 0 Å². The number of carboxylic acid groups (broad SMARTS) is 1. The van der Waals surface area contributed by atoms with E-state index in [1.807, 2.05) is 19.1 Å². The van der Waals surface area contributed by atoms with Crippen molar-refractivity contribution in [3.63, 3.8) is 0 Å². The lowest BCUT2D eigenvalue weighted by Crippen LogP contribution is -2.29. The number of halogens is 1. The van der Waals surface area contributed by atoms with Gasteiger partial charge in [-0.1, -0.05) is 29.8 Å². The highest BCUT2D eigenvalue weighted by molar-refractivity contribution is 6.30. The van der Waals surface area contributed by atoms with E-state index < -0.39 is 12.1 Å². The van der Waals surface area contributed by atoms with Crippen LogP contribution in [0.3, 0.4) is 0 Å². The molecule has 22 heavy (non-hydrogen) atoms. The number of hydrogen-bond donors (Lipinski definition) is 1. The summed E-state index contributed by atoms with van der Waals surface area (Å²) in [4.78, 5) is 11.5. The lowest BCUT2D eigenvalue weighted by atomic mass is 10.1. The molecule has 0 radical (unpaired) electrons. The molecule has 2 aromatic rings. The van der Waals surface area contributed by atoms with Crippen molar-refractivity contribution in [3.05, 3.63) is 58.6 Å². The minimum absolute atomic E-state index is 0.160. The smallest absolute Gasteiger partial charge is 0.345 e. The molecular weight excluding hydrogens is 304 g/mol. The molecular formula is C17H17ClO4. The molecule has 2 rings (SSSR count). The van der Waals surface area contributed by atoms with Crippen LogP contribution < -0.4 is 9.47 Å². The summed E-state index contributed by atoms with van der Waals surface area (Å²) in [7, 11) is 1.53. The fourth-order valence-corrected chi connectivity index (χ4v) is 2.32. The topological polar surface area (TPSA) is 55.8 Å². The van der Waals surface area contributed by atoms with Gasteiger partial charge in [-0.3, -0.25) is 0 Å². The second kappa shape index (κ2) is 7.18. The van der Waals surface area contributed by atoms with Crippen LogP contribution in [0.25, 0.3) is 0 Å². The van der Waals surface area contributed by atoms with Gasteiger partial charge in [-0.05, 0) is 42.3 Å². The van der Waals surface area contributed by atoms with Gasteiger partial charge in [0.1, 0.15) is 11.5 Å². The highest BCUT2D eigenvalue weighted by Gasteiger charge is 2.22. The molecule has 0 aromatic heterocycles. The lowest BCUT2D eigenvalue weighted by Gasteiger charge is -2.18. The number of carbonyl (C=O) groups is 1. The van der Waals surface area contributed by atoms with Crippen molar-refractivity contribution >= 4 is 17.6 Å². The highest BCUT2D eigenvalue weighted by Crippen LogP contribution is 2.26. The van der Waals surface area contributed by atoms with Crippen LogP contribution in [0.15, 0.2) is 42.5 Å². The first-order valence-corrected chi connectivity index (χ1v) is 7.16. The van der Waals surface area contributed by atoms with Crippen molar-refractivity contribution in [2.45, 2.75) is 19.4 Å². The molecule has 116 valence electrons. The molecule has 0 bridgehead atoms. The zero-order chi connectivity index (χ0) is 16.1. The van der Waals surface area contributed by atoms with Crippen molar-refractivity contribution in [1.29, 1.82) is 0 Å². The van der Waals surface area contributed by atoms with Gasteiger partial charge in [-0.2, -0.15) is 0 Å². The summed E-state index contributed by atoms with van der Waals surface area (Å²) >= 11 is 5.98. The fraction of sp³-hybridized carbons (Fsp3) is 0.235. The Morgan fingerprint density at radius 3 is 2.59 bits per heavy atom. The predicted octanol–water partition coefficient (Wildman–Crippen LogP) is 3.73. The first-order chi connectivity index (χ1) is 10.5. The van der Waals surface area contributed by atoms with Crippen molar-refractivity contribution in [2.24, 2.45) is 0 Å². The van der Waals surface area contributed by atoms with Gasteiger partial charge in [0.2, 0.25) is 0 Å².